The number of hydrogen-bond acceptors (Lipinski definition) is 4. The van der Waals surface area contributed by atoms with Gasteiger partial charge in [-0.3, -0.25) is 4.79 Å². The topological polar surface area (TPSA) is 94.7 Å². The number of H-pyrrole nitrogens is 1. The maximum atomic E-state index is 13.2. The molecule has 0 aliphatic carbocycles. The molecule has 0 atom stereocenters. The number of hydrogen-bond donors (Lipinski definition) is 3. The van der Waals surface area contributed by atoms with Gasteiger partial charge in [-0.25, -0.2) is 4.39 Å². The van der Waals surface area contributed by atoms with E-state index in [1.165, 1.54) is 18.2 Å². The first-order chi connectivity index (χ1) is 9.44. The lowest BCUT2D eigenvalue weighted by atomic mass is 10.1. The number of aromatic amines is 1. The van der Waals surface area contributed by atoms with E-state index in [1.54, 1.807) is 6.07 Å². The number of nitrogens with two attached hydrogens (primary N) is 1. The summed E-state index contributed by atoms with van der Waals surface area (Å²) in [5.74, 6) is -1.06. The molecule has 1 aromatic carbocycles. The SMILES string of the molecule is C.C=C(C#N)C(=O)c1cc2cc(F)c(N)cc2[nH]1.CNC. The van der Waals surface area contributed by atoms with Crippen LogP contribution in [0.3, 0.4) is 0 Å². The molecular formula is C15H19FN4O. The molecule has 0 aliphatic rings. The zero-order valence-corrected chi connectivity index (χ0v) is 11.2. The van der Waals surface area contributed by atoms with Crippen molar-refractivity contribution in [1.29, 1.82) is 5.26 Å². The van der Waals surface area contributed by atoms with Crippen LogP contribution in [0.25, 0.3) is 10.9 Å². The minimum absolute atomic E-state index is 0. The van der Waals surface area contributed by atoms with Gasteiger partial charge in [0, 0.05) is 10.9 Å². The third-order valence-electron chi connectivity index (χ3n) is 2.39. The van der Waals surface area contributed by atoms with Crippen molar-refractivity contribution < 1.29 is 9.18 Å². The van der Waals surface area contributed by atoms with Gasteiger partial charge >= 0.3 is 0 Å². The standard InChI is InChI=1S/C12H8FN3O.C2H7N.CH4/c1-6(5-14)12(17)11-3-7-2-8(13)9(15)4-10(7)16-11;1-3-2;/h2-4,16H,1,15H2;3H,1-2H3;1H4. The Morgan fingerprint density at radius 1 is 1.43 bits per heavy atom. The van der Waals surface area contributed by atoms with Gasteiger partial charge < -0.3 is 16.0 Å². The summed E-state index contributed by atoms with van der Waals surface area (Å²) in [5.41, 5.74) is 5.96. The highest BCUT2D eigenvalue weighted by Crippen LogP contribution is 2.22. The second-order valence-corrected chi connectivity index (χ2v) is 4.06. The number of nitrogen functional groups attached to an aromatic ring is 1. The van der Waals surface area contributed by atoms with Crippen LogP contribution in [0.4, 0.5) is 10.1 Å². The average Bonchev–Trinajstić information content (AvgIpc) is 2.81. The first-order valence-corrected chi connectivity index (χ1v) is 5.74. The van der Waals surface area contributed by atoms with Gasteiger partial charge in [0.05, 0.1) is 17.0 Å². The Labute approximate surface area is 123 Å². The van der Waals surface area contributed by atoms with Gasteiger partial charge in [0.25, 0.3) is 0 Å². The monoisotopic (exact) mass is 290 g/mol. The summed E-state index contributed by atoms with van der Waals surface area (Å²) in [5, 5.41) is 11.8. The summed E-state index contributed by atoms with van der Waals surface area (Å²) in [4.78, 5) is 14.4. The predicted molar refractivity (Wildman–Crippen MR) is 83.5 cm³/mol. The van der Waals surface area contributed by atoms with Crippen molar-refractivity contribution in [2.24, 2.45) is 0 Å². The van der Waals surface area contributed by atoms with Crippen LogP contribution in [0, 0.1) is 17.1 Å². The van der Waals surface area contributed by atoms with E-state index in [2.05, 4.69) is 16.9 Å². The van der Waals surface area contributed by atoms with Gasteiger partial charge in [-0.1, -0.05) is 14.0 Å². The summed E-state index contributed by atoms with van der Waals surface area (Å²) in [6.07, 6.45) is 0. The van der Waals surface area contributed by atoms with Crippen LogP contribution in [0.1, 0.15) is 17.9 Å². The molecule has 1 heterocycles. The number of anilines is 1. The molecule has 21 heavy (non-hydrogen) atoms. The minimum Gasteiger partial charge on any atom is -0.396 e. The molecule has 4 N–H and O–H groups in total. The van der Waals surface area contributed by atoms with E-state index < -0.39 is 11.6 Å². The van der Waals surface area contributed by atoms with Crippen LogP contribution >= 0.6 is 0 Å². The largest absolute Gasteiger partial charge is 0.396 e. The summed E-state index contributed by atoms with van der Waals surface area (Å²) in [6.45, 7) is 3.33. The first kappa shape index (κ1) is 18.4. The Hall–Kier alpha value is -2.65. The zero-order chi connectivity index (χ0) is 15.3. The smallest absolute Gasteiger partial charge is 0.219 e. The number of carbonyl (C=O) groups excluding carboxylic acids is 1. The van der Waals surface area contributed by atoms with Crippen LogP contribution in [-0.4, -0.2) is 24.9 Å². The number of fused-ring (bicyclic) bond motifs is 1. The number of rotatable bonds is 2. The van der Waals surface area contributed by atoms with Crippen molar-refractivity contribution >= 4 is 22.4 Å². The van der Waals surface area contributed by atoms with Crippen molar-refractivity contribution in [3.8, 4) is 6.07 Å². The Kier molecular flexibility index (Phi) is 6.84. The van der Waals surface area contributed by atoms with Crippen LogP contribution in [-0.2, 0) is 0 Å². The number of Topliss-reactive ketones (excluding diaryl/α,β-unsaturated/α-hetero) is 1. The van der Waals surface area contributed by atoms with Gasteiger partial charge in [0.1, 0.15) is 11.9 Å². The maximum Gasteiger partial charge on any atom is 0.219 e. The molecule has 0 amide bonds. The summed E-state index contributed by atoms with van der Waals surface area (Å²) in [6, 6.07) is 5.76. The fraction of sp³-hybridized carbons (Fsp3) is 0.200. The lowest BCUT2D eigenvalue weighted by Gasteiger charge is -1.95. The van der Waals surface area contributed by atoms with Crippen molar-refractivity contribution in [2.75, 3.05) is 19.8 Å². The molecule has 2 rings (SSSR count). The Morgan fingerprint density at radius 2 is 2.00 bits per heavy atom. The number of benzene rings is 1. The minimum atomic E-state index is -0.547. The third kappa shape index (κ3) is 4.16. The summed E-state index contributed by atoms with van der Waals surface area (Å²) < 4.78 is 13.2. The average molecular weight is 290 g/mol. The number of aromatic nitrogens is 1. The lowest BCUT2D eigenvalue weighted by Crippen LogP contribution is -2.00. The van der Waals surface area contributed by atoms with E-state index >= 15 is 0 Å². The van der Waals surface area contributed by atoms with Crippen LogP contribution in [0.15, 0.2) is 30.4 Å². The highest BCUT2D eigenvalue weighted by Gasteiger charge is 2.13. The predicted octanol–water partition coefficient (Wildman–Crippen LogP) is 2.62. The van der Waals surface area contributed by atoms with Crippen LogP contribution in [0.5, 0.6) is 0 Å². The fourth-order valence-electron chi connectivity index (χ4n) is 1.51. The fourth-order valence-corrected chi connectivity index (χ4v) is 1.51. The van der Waals surface area contributed by atoms with E-state index in [0.29, 0.717) is 10.9 Å². The molecule has 2 aromatic rings. The number of carbonyl (C=O) groups is 1. The number of nitrogens with zero attached hydrogens (tertiary/aromatic N) is 1. The summed E-state index contributed by atoms with van der Waals surface area (Å²) in [7, 11) is 3.75. The van der Waals surface area contributed by atoms with Gasteiger partial charge in [-0.2, -0.15) is 5.26 Å². The van der Waals surface area contributed by atoms with Gasteiger partial charge in [0.15, 0.2) is 0 Å². The molecule has 0 saturated carbocycles. The Bertz CT molecular complexity index is 658. The molecule has 0 fully saturated rings. The third-order valence-corrected chi connectivity index (χ3v) is 2.39. The van der Waals surface area contributed by atoms with Crippen molar-refractivity contribution in [3.05, 3.63) is 41.9 Å². The second-order valence-electron chi connectivity index (χ2n) is 4.06. The molecule has 0 radical (unpaired) electrons. The quantitative estimate of drug-likeness (QED) is 0.343. The van der Waals surface area contributed by atoms with Crippen molar-refractivity contribution in [3.63, 3.8) is 0 Å². The lowest BCUT2D eigenvalue weighted by molar-refractivity contribution is 0.103. The van der Waals surface area contributed by atoms with Gasteiger partial charge in [0.2, 0.25) is 5.78 Å². The maximum absolute atomic E-state index is 13.2. The molecule has 5 nitrogen and oxygen atoms in total. The van der Waals surface area contributed by atoms with Gasteiger partial charge in [-0.05, 0) is 32.3 Å². The van der Waals surface area contributed by atoms with E-state index in [0.717, 1.165) is 0 Å². The molecule has 6 heteroatoms. The number of nitrogens with one attached hydrogen (secondary N) is 2. The number of nitriles is 1. The van der Waals surface area contributed by atoms with Crippen LogP contribution < -0.4 is 11.1 Å². The normalized spacial score (nSPS) is 9.05. The van der Waals surface area contributed by atoms with E-state index in [1.807, 2.05) is 14.1 Å². The Morgan fingerprint density at radius 3 is 2.52 bits per heavy atom. The number of ketones is 1. The zero-order valence-electron chi connectivity index (χ0n) is 11.2. The second kappa shape index (κ2) is 7.82. The van der Waals surface area contributed by atoms with Crippen LogP contribution in [0.2, 0.25) is 0 Å². The highest BCUT2D eigenvalue weighted by molar-refractivity contribution is 6.11. The van der Waals surface area contributed by atoms with E-state index in [9.17, 15) is 9.18 Å². The summed E-state index contributed by atoms with van der Waals surface area (Å²) >= 11 is 0. The van der Waals surface area contributed by atoms with Gasteiger partial charge in [-0.15, -0.1) is 0 Å². The first-order valence-electron chi connectivity index (χ1n) is 5.74. The highest BCUT2D eigenvalue weighted by atomic mass is 19.1. The van der Waals surface area contributed by atoms with Crippen molar-refractivity contribution in [2.45, 2.75) is 7.43 Å². The van der Waals surface area contributed by atoms with E-state index in [-0.39, 0.29) is 24.4 Å². The Balaban J connectivity index is 0.000000922. The van der Waals surface area contributed by atoms with E-state index in [4.69, 9.17) is 11.0 Å². The molecule has 0 unspecified atom stereocenters. The molecule has 0 bridgehead atoms. The molecular weight excluding hydrogens is 271 g/mol. The number of halogens is 1. The molecule has 0 saturated heterocycles. The molecule has 0 spiro atoms. The molecule has 112 valence electrons. The number of allylic oxidation sites excluding steroid dienone is 1. The molecule has 0 aliphatic heterocycles. The molecule has 1 aromatic heterocycles. The van der Waals surface area contributed by atoms with Crippen molar-refractivity contribution in [1.82, 2.24) is 10.3 Å².